The van der Waals surface area contributed by atoms with Crippen LogP contribution in [0, 0.1) is 0 Å². The van der Waals surface area contributed by atoms with Crippen molar-refractivity contribution >= 4 is 17.7 Å². The van der Waals surface area contributed by atoms with Crippen molar-refractivity contribution in [2.45, 2.75) is 64.0 Å². The molecule has 0 rings (SSSR count). The van der Waals surface area contributed by atoms with Gasteiger partial charge in [-0.2, -0.15) is 0 Å². The van der Waals surface area contributed by atoms with E-state index in [1.54, 1.807) is 0 Å². The zero-order valence-corrected chi connectivity index (χ0v) is 10.8. The van der Waals surface area contributed by atoms with Crippen molar-refractivity contribution in [3.05, 3.63) is 0 Å². The predicted molar refractivity (Wildman–Crippen MR) is 66.0 cm³/mol. The predicted octanol–water partition coefficient (Wildman–Crippen LogP) is 3.25. The third-order valence-electron chi connectivity index (χ3n) is 3.14. The van der Waals surface area contributed by atoms with Crippen molar-refractivity contribution in [2.24, 2.45) is 0 Å². The van der Waals surface area contributed by atoms with E-state index in [0.717, 1.165) is 10.6 Å². The SMILES string of the molecule is [Li][CH](C)C(C)N(CCCC)CCCC. The molecule has 0 fully saturated rings. The second-order valence-electron chi connectivity index (χ2n) is 4.73. The van der Waals surface area contributed by atoms with Crippen LogP contribution in [0.4, 0.5) is 0 Å². The molecular formula is C12H26LiN. The van der Waals surface area contributed by atoms with Crippen molar-refractivity contribution in [1.29, 1.82) is 0 Å². The van der Waals surface area contributed by atoms with Crippen LogP contribution in [-0.4, -0.2) is 41.7 Å². The van der Waals surface area contributed by atoms with Crippen LogP contribution in [-0.2, 0) is 0 Å². The molecule has 0 aliphatic carbocycles. The molecule has 0 N–H and O–H groups in total. The summed E-state index contributed by atoms with van der Waals surface area (Å²) in [6.07, 6.45) is 5.32. The zero-order valence-electron chi connectivity index (χ0n) is 10.8. The van der Waals surface area contributed by atoms with Crippen LogP contribution in [0.2, 0.25) is 4.59 Å². The molecule has 2 unspecified atom stereocenters. The molecule has 0 saturated heterocycles. The summed E-state index contributed by atoms with van der Waals surface area (Å²) in [5.74, 6) is 0. The molecule has 14 heavy (non-hydrogen) atoms. The van der Waals surface area contributed by atoms with Crippen LogP contribution in [0.1, 0.15) is 53.4 Å². The minimum atomic E-state index is 0.744. The first-order valence-corrected chi connectivity index (χ1v) is 6.37. The summed E-state index contributed by atoms with van der Waals surface area (Å²) in [5, 5.41) is 0. The molecule has 0 spiro atoms. The van der Waals surface area contributed by atoms with Crippen molar-refractivity contribution in [3.8, 4) is 0 Å². The van der Waals surface area contributed by atoms with Gasteiger partial charge in [-0.05, 0) is 0 Å². The standard InChI is InChI=1S/C12H26N.Li/c1-5-8-10-13(11-9-6-2)12(4)7-3;/h7,12H,5-6,8-11H2,1-4H3;. The fraction of sp³-hybridized carbons (Fsp3) is 1.00. The molecular weight excluding hydrogens is 165 g/mol. The molecule has 0 aromatic carbocycles. The van der Waals surface area contributed by atoms with Gasteiger partial charge < -0.3 is 0 Å². The fourth-order valence-electron chi connectivity index (χ4n) is 1.66. The quantitative estimate of drug-likeness (QED) is 0.532. The Kier molecular flexibility index (Phi) is 9.18. The van der Waals surface area contributed by atoms with E-state index in [-0.39, 0.29) is 0 Å². The Morgan fingerprint density at radius 3 is 1.71 bits per heavy atom. The third-order valence-corrected chi connectivity index (χ3v) is 3.14. The van der Waals surface area contributed by atoms with Crippen LogP contribution in [0.3, 0.4) is 0 Å². The summed E-state index contributed by atoms with van der Waals surface area (Å²) in [4.78, 5) is 2.66. The average Bonchev–Trinajstić information content (AvgIpc) is 2.17. The van der Waals surface area contributed by atoms with Crippen LogP contribution in [0.5, 0.6) is 0 Å². The molecule has 0 aromatic heterocycles. The monoisotopic (exact) mass is 191 g/mol. The van der Waals surface area contributed by atoms with Gasteiger partial charge in [0.2, 0.25) is 0 Å². The average molecular weight is 191 g/mol. The maximum absolute atomic E-state index is 2.66. The summed E-state index contributed by atoms with van der Waals surface area (Å²) in [6, 6.07) is 0.744. The normalized spacial score (nSPS) is 15.9. The second kappa shape index (κ2) is 8.83. The Balaban J connectivity index is 3.94. The molecule has 0 bridgehead atoms. The molecule has 0 saturated carbocycles. The van der Waals surface area contributed by atoms with Crippen molar-refractivity contribution in [2.75, 3.05) is 13.1 Å². The fourth-order valence-corrected chi connectivity index (χ4v) is 1.66. The van der Waals surface area contributed by atoms with E-state index < -0.39 is 0 Å². The summed E-state index contributed by atoms with van der Waals surface area (Å²) >= 11 is 2.33. The van der Waals surface area contributed by atoms with Crippen LogP contribution < -0.4 is 0 Å². The molecule has 1 nitrogen and oxygen atoms in total. The first-order chi connectivity index (χ1) is 6.63. The minimum absolute atomic E-state index is 0.744. The van der Waals surface area contributed by atoms with Gasteiger partial charge in [0.25, 0.3) is 0 Å². The van der Waals surface area contributed by atoms with Crippen LogP contribution >= 0.6 is 0 Å². The van der Waals surface area contributed by atoms with E-state index in [0.29, 0.717) is 0 Å². The first-order valence-electron chi connectivity index (χ1n) is 6.37. The number of rotatable bonds is 8. The number of unbranched alkanes of at least 4 members (excludes halogenated alkanes) is 2. The molecule has 2 atom stereocenters. The summed E-state index contributed by atoms with van der Waals surface area (Å²) in [7, 11) is 0. The summed E-state index contributed by atoms with van der Waals surface area (Å²) in [6.45, 7) is 11.8. The molecule has 0 amide bonds. The molecule has 0 aromatic rings. The Morgan fingerprint density at radius 1 is 1.00 bits per heavy atom. The molecule has 0 heterocycles. The van der Waals surface area contributed by atoms with E-state index in [1.165, 1.54) is 38.8 Å². The van der Waals surface area contributed by atoms with E-state index in [4.69, 9.17) is 0 Å². The van der Waals surface area contributed by atoms with Gasteiger partial charge in [-0.1, -0.05) is 0 Å². The van der Waals surface area contributed by atoms with E-state index in [9.17, 15) is 0 Å². The maximum atomic E-state index is 2.66. The van der Waals surface area contributed by atoms with Gasteiger partial charge in [-0.25, -0.2) is 0 Å². The molecule has 0 aliphatic heterocycles. The summed E-state index contributed by atoms with van der Waals surface area (Å²) in [5.41, 5.74) is 0. The number of hydrogen-bond acceptors (Lipinski definition) is 1. The van der Waals surface area contributed by atoms with Crippen molar-refractivity contribution in [1.82, 2.24) is 4.90 Å². The Labute approximate surface area is 99.8 Å². The van der Waals surface area contributed by atoms with Crippen molar-refractivity contribution in [3.63, 3.8) is 0 Å². The number of nitrogens with zero attached hydrogens (tertiary/aromatic N) is 1. The Bertz CT molecular complexity index is 117. The summed E-state index contributed by atoms with van der Waals surface area (Å²) < 4.78 is 0.781. The van der Waals surface area contributed by atoms with E-state index in [2.05, 4.69) is 50.3 Å². The first kappa shape index (κ1) is 14.6. The van der Waals surface area contributed by atoms with Gasteiger partial charge in [-0.15, -0.1) is 0 Å². The van der Waals surface area contributed by atoms with E-state index in [1.807, 2.05) is 0 Å². The Morgan fingerprint density at radius 2 is 1.43 bits per heavy atom. The van der Waals surface area contributed by atoms with Gasteiger partial charge >= 0.3 is 99.7 Å². The van der Waals surface area contributed by atoms with Gasteiger partial charge in [0.15, 0.2) is 0 Å². The van der Waals surface area contributed by atoms with Gasteiger partial charge in [0.05, 0.1) is 0 Å². The molecule has 2 heteroatoms. The van der Waals surface area contributed by atoms with Gasteiger partial charge in [0, 0.05) is 0 Å². The third kappa shape index (κ3) is 6.12. The van der Waals surface area contributed by atoms with Crippen molar-refractivity contribution < 1.29 is 0 Å². The van der Waals surface area contributed by atoms with Crippen LogP contribution in [0.25, 0.3) is 0 Å². The molecule has 0 aliphatic rings. The van der Waals surface area contributed by atoms with E-state index >= 15 is 0 Å². The molecule has 0 radical (unpaired) electrons. The number of hydrogen-bond donors (Lipinski definition) is 0. The van der Waals surface area contributed by atoms with Gasteiger partial charge in [0.1, 0.15) is 0 Å². The molecule has 80 valence electrons. The van der Waals surface area contributed by atoms with Gasteiger partial charge in [-0.3, -0.25) is 0 Å². The Hall–Kier alpha value is 0.557. The topological polar surface area (TPSA) is 3.24 Å². The van der Waals surface area contributed by atoms with Crippen LogP contribution in [0.15, 0.2) is 0 Å². The second-order valence-corrected chi connectivity index (χ2v) is 4.73. The zero-order chi connectivity index (χ0) is 11.0.